The summed E-state index contributed by atoms with van der Waals surface area (Å²) >= 11 is 0. The van der Waals surface area contributed by atoms with Gasteiger partial charge in [-0.3, -0.25) is 0 Å². The van der Waals surface area contributed by atoms with Crippen molar-refractivity contribution in [2.75, 3.05) is 13.2 Å². The molecule has 0 unspecified atom stereocenters. The molecule has 0 heterocycles. The smallest absolute Gasteiger partial charge is 0.166 e. The largest absolute Gasteiger partial charge is 0.491 e. The summed E-state index contributed by atoms with van der Waals surface area (Å²) in [4.78, 5) is 0. The highest BCUT2D eigenvalue weighted by Crippen LogP contribution is 2.38. The second-order valence-electron chi connectivity index (χ2n) is 8.49. The van der Waals surface area contributed by atoms with Crippen LogP contribution < -0.4 is 0 Å². The Morgan fingerprint density at radius 2 is 1.67 bits per heavy atom. The summed E-state index contributed by atoms with van der Waals surface area (Å²) in [6.07, 6.45) is 4.07. The Balaban J connectivity index is 1.56. The summed E-state index contributed by atoms with van der Waals surface area (Å²) in [7, 11) is 0. The van der Waals surface area contributed by atoms with Crippen LogP contribution in [0.2, 0.25) is 0 Å². The lowest BCUT2D eigenvalue weighted by molar-refractivity contribution is 0.0393. The maximum atomic E-state index is 14.9. The molecular weight excluding hydrogens is 425 g/mol. The minimum absolute atomic E-state index is 0.0238. The van der Waals surface area contributed by atoms with Gasteiger partial charge < -0.3 is 9.47 Å². The van der Waals surface area contributed by atoms with Crippen molar-refractivity contribution in [3.05, 3.63) is 95.6 Å². The number of allylic oxidation sites excluding steroid dienone is 1. The van der Waals surface area contributed by atoms with Crippen molar-refractivity contribution in [1.29, 1.82) is 0 Å². The van der Waals surface area contributed by atoms with Crippen LogP contribution in [0.5, 0.6) is 0 Å². The van der Waals surface area contributed by atoms with Crippen LogP contribution >= 0.6 is 0 Å². The van der Waals surface area contributed by atoms with Gasteiger partial charge in [-0.15, -0.1) is 0 Å². The lowest BCUT2D eigenvalue weighted by atomic mass is 9.82. The first-order valence-corrected chi connectivity index (χ1v) is 11.3. The third kappa shape index (κ3) is 6.38. The Morgan fingerprint density at radius 1 is 1.00 bits per heavy atom. The lowest BCUT2D eigenvalue weighted by Gasteiger charge is -2.29. The molecule has 0 saturated heterocycles. The van der Waals surface area contributed by atoms with Gasteiger partial charge in [0.25, 0.3) is 0 Å². The van der Waals surface area contributed by atoms with Gasteiger partial charge in [-0.25, -0.2) is 13.2 Å². The molecular formula is C28H31F3O2. The van der Waals surface area contributed by atoms with Crippen LogP contribution in [0.25, 0.3) is 11.1 Å². The van der Waals surface area contributed by atoms with Gasteiger partial charge in [0.1, 0.15) is 5.76 Å². The fourth-order valence-corrected chi connectivity index (χ4v) is 4.15. The standard InChI is InChI=1S/C28H31F3O2/c1-5-32-20(4)26(29)16-19(3)17-33-23-12-10-22(11-13-23)25-15-14-24(27(30)28(25)31)21-8-6-18(2)7-9-21/h6-9,14-16,22-23H,3-5,10-13,17H2,1-2H3/b26-16+. The Morgan fingerprint density at radius 3 is 2.30 bits per heavy atom. The maximum Gasteiger partial charge on any atom is 0.166 e. The van der Waals surface area contributed by atoms with Gasteiger partial charge in [-0.2, -0.15) is 0 Å². The SMILES string of the molecule is C=C(/C=C(/F)C(=C)OCC)COC1CCC(c2ccc(-c3ccc(C)cc3)c(F)c2F)CC1. The van der Waals surface area contributed by atoms with Gasteiger partial charge in [0, 0.05) is 5.56 Å². The normalized spacial score (nSPS) is 18.8. The quantitative estimate of drug-likeness (QED) is 0.282. The van der Waals surface area contributed by atoms with Crippen molar-refractivity contribution in [1.82, 2.24) is 0 Å². The van der Waals surface area contributed by atoms with Gasteiger partial charge in [-0.1, -0.05) is 55.1 Å². The molecule has 0 radical (unpaired) electrons. The van der Waals surface area contributed by atoms with Crippen LogP contribution in [0.3, 0.4) is 0 Å². The molecule has 0 spiro atoms. The third-order valence-corrected chi connectivity index (χ3v) is 6.01. The second-order valence-corrected chi connectivity index (χ2v) is 8.49. The molecule has 2 aromatic carbocycles. The topological polar surface area (TPSA) is 18.5 Å². The van der Waals surface area contributed by atoms with Crippen LogP contribution in [0.4, 0.5) is 13.2 Å². The second kappa shape index (κ2) is 11.4. The van der Waals surface area contributed by atoms with Gasteiger partial charge in [0.2, 0.25) is 0 Å². The van der Waals surface area contributed by atoms with Gasteiger partial charge >= 0.3 is 0 Å². The van der Waals surface area contributed by atoms with E-state index in [0.29, 0.717) is 36.1 Å². The Kier molecular flexibility index (Phi) is 8.56. The first kappa shape index (κ1) is 24.8. The molecule has 3 rings (SSSR count). The Bertz CT molecular complexity index is 1020. The van der Waals surface area contributed by atoms with E-state index in [-0.39, 0.29) is 30.0 Å². The predicted molar refractivity (Wildman–Crippen MR) is 127 cm³/mol. The summed E-state index contributed by atoms with van der Waals surface area (Å²) in [5, 5.41) is 0. The van der Waals surface area contributed by atoms with Crippen LogP contribution in [0, 0.1) is 18.6 Å². The monoisotopic (exact) mass is 456 g/mol. The van der Waals surface area contributed by atoms with Crippen molar-refractivity contribution in [2.24, 2.45) is 0 Å². The lowest BCUT2D eigenvalue weighted by Crippen LogP contribution is -2.22. The van der Waals surface area contributed by atoms with E-state index in [4.69, 9.17) is 9.47 Å². The van der Waals surface area contributed by atoms with Crippen molar-refractivity contribution in [3.8, 4) is 11.1 Å². The average Bonchev–Trinajstić information content (AvgIpc) is 2.81. The Hall–Kier alpha value is -2.79. The van der Waals surface area contributed by atoms with Crippen molar-refractivity contribution in [3.63, 3.8) is 0 Å². The molecule has 5 heteroatoms. The molecule has 0 aromatic heterocycles. The Labute approximate surface area is 194 Å². The zero-order valence-electron chi connectivity index (χ0n) is 19.3. The van der Waals surface area contributed by atoms with E-state index in [0.717, 1.165) is 18.4 Å². The molecule has 1 fully saturated rings. The maximum absolute atomic E-state index is 14.9. The summed E-state index contributed by atoms with van der Waals surface area (Å²) in [5.74, 6) is -2.21. The molecule has 0 aliphatic heterocycles. The van der Waals surface area contributed by atoms with E-state index in [1.165, 1.54) is 6.08 Å². The summed E-state index contributed by atoms with van der Waals surface area (Å²) in [5.41, 5.74) is 2.91. The van der Waals surface area contributed by atoms with Gasteiger partial charge in [0.05, 0.1) is 19.3 Å². The van der Waals surface area contributed by atoms with Crippen LogP contribution in [0.1, 0.15) is 49.7 Å². The van der Waals surface area contributed by atoms with Gasteiger partial charge in [0.15, 0.2) is 17.5 Å². The fraction of sp³-hybridized carbons (Fsp3) is 0.357. The number of ether oxygens (including phenoxy) is 2. The minimum atomic E-state index is -0.798. The molecule has 0 bridgehead atoms. The molecule has 176 valence electrons. The first-order chi connectivity index (χ1) is 15.8. The zero-order chi connectivity index (χ0) is 24.0. The molecule has 1 saturated carbocycles. The van der Waals surface area contributed by atoms with Crippen LogP contribution in [-0.4, -0.2) is 19.3 Å². The predicted octanol–water partition coefficient (Wildman–Crippen LogP) is 7.94. The number of halogens is 3. The van der Waals surface area contributed by atoms with E-state index >= 15 is 0 Å². The summed E-state index contributed by atoms with van der Waals surface area (Å²) in [6, 6.07) is 10.8. The number of hydrogen-bond donors (Lipinski definition) is 0. The highest BCUT2D eigenvalue weighted by Gasteiger charge is 2.27. The van der Waals surface area contributed by atoms with E-state index in [1.54, 1.807) is 31.2 Å². The minimum Gasteiger partial charge on any atom is -0.491 e. The van der Waals surface area contributed by atoms with E-state index < -0.39 is 17.5 Å². The molecule has 0 atom stereocenters. The number of rotatable bonds is 9. The first-order valence-electron chi connectivity index (χ1n) is 11.3. The molecule has 1 aliphatic carbocycles. The van der Waals surface area contributed by atoms with E-state index in [1.807, 2.05) is 19.1 Å². The number of hydrogen-bond acceptors (Lipinski definition) is 2. The zero-order valence-corrected chi connectivity index (χ0v) is 19.3. The van der Waals surface area contributed by atoms with Gasteiger partial charge in [-0.05, 0) is 68.2 Å². The highest BCUT2D eigenvalue weighted by atomic mass is 19.2. The molecule has 1 aliphatic rings. The van der Waals surface area contributed by atoms with E-state index in [9.17, 15) is 13.2 Å². The number of benzene rings is 2. The molecule has 0 N–H and O–H groups in total. The molecule has 33 heavy (non-hydrogen) atoms. The third-order valence-electron chi connectivity index (χ3n) is 6.01. The highest BCUT2D eigenvalue weighted by molar-refractivity contribution is 5.65. The summed E-state index contributed by atoms with van der Waals surface area (Å²) in [6.45, 7) is 11.6. The van der Waals surface area contributed by atoms with Crippen LogP contribution in [0.15, 0.2) is 72.8 Å². The fourth-order valence-electron chi connectivity index (χ4n) is 4.15. The summed E-state index contributed by atoms with van der Waals surface area (Å²) < 4.78 is 54.6. The van der Waals surface area contributed by atoms with Crippen molar-refractivity contribution in [2.45, 2.75) is 51.6 Å². The van der Waals surface area contributed by atoms with Crippen molar-refractivity contribution >= 4 is 0 Å². The molecule has 2 aromatic rings. The van der Waals surface area contributed by atoms with E-state index in [2.05, 4.69) is 13.2 Å². The number of aryl methyl sites for hydroxylation is 1. The average molecular weight is 457 g/mol. The molecule has 2 nitrogen and oxygen atoms in total. The van der Waals surface area contributed by atoms with Crippen LogP contribution in [-0.2, 0) is 9.47 Å². The molecule has 0 amide bonds. The van der Waals surface area contributed by atoms with Crippen molar-refractivity contribution < 1.29 is 22.6 Å².